The predicted molar refractivity (Wildman–Crippen MR) is 52.6 cm³/mol. The van der Waals surface area contributed by atoms with Gasteiger partial charge < -0.3 is 5.11 Å². The molecule has 17 heavy (non-hydrogen) atoms. The highest BCUT2D eigenvalue weighted by atomic mass is 79.9. The van der Waals surface area contributed by atoms with E-state index in [0.717, 1.165) is 4.52 Å². The molecule has 5 nitrogen and oxygen atoms in total. The molecule has 0 radical (unpaired) electrons. The molecule has 0 aliphatic carbocycles. The largest absolute Gasteiger partial charge is 0.477 e. The number of carboxylic acids is 1. The summed E-state index contributed by atoms with van der Waals surface area (Å²) < 4.78 is 38.5. The van der Waals surface area contributed by atoms with Crippen LogP contribution in [0.15, 0.2) is 16.7 Å². The fourth-order valence-corrected chi connectivity index (χ4v) is 1.58. The Balaban J connectivity index is 2.83. The fourth-order valence-electron chi connectivity index (χ4n) is 1.23. The molecule has 0 aliphatic rings. The minimum absolute atomic E-state index is 0.186. The molecule has 0 saturated carbocycles. The van der Waals surface area contributed by atoms with E-state index >= 15 is 0 Å². The number of carboxylic acid groups (broad SMARTS) is 1. The minimum Gasteiger partial charge on any atom is -0.477 e. The second-order valence-corrected chi connectivity index (χ2v) is 3.91. The molecule has 2 rings (SSSR count). The Hall–Kier alpha value is -1.64. The molecule has 2 aromatic heterocycles. The topological polar surface area (TPSA) is 67.5 Å². The standard InChI is InChI=1S/C8H3BrF3N3O2/c9-3-2-13-15-4(7(16)17)1-5(8(10,11)12)14-6(3)15/h1-2H,(H,16,17). The lowest BCUT2D eigenvalue weighted by molar-refractivity contribution is -0.141. The van der Waals surface area contributed by atoms with Crippen LogP contribution in [0.25, 0.3) is 5.65 Å². The zero-order valence-electron chi connectivity index (χ0n) is 7.86. The summed E-state index contributed by atoms with van der Waals surface area (Å²) >= 11 is 2.94. The molecule has 0 bridgehead atoms. The van der Waals surface area contributed by atoms with E-state index in [-0.39, 0.29) is 10.1 Å². The zero-order chi connectivity index (χ0) is 12.8. The van der Waals surface area contributed by atoms with Crippen LogP contribution in [0.3, 0.4) is 0 Å². The van der Waals surface area contributed by atoms with Gasteiger partial charge >= 0.3 is 12.1 Å². The van der Waals surface area contributed by atoms with Crippen molar-refractivity contribution in [3.63, 3.8) is 0 Å². The number of halogens is 4. The Morgan fingerprint density at radius 1 is 1.47 bits per heavy atom. The van der Waals surface area contributed by atoms with E-state index in [4.69, 9.17) is 5.11 Å². The molecule has 0 unspecified atom stereocenters. The molecule has 0 spiro atoms. The quantitative estimate of drug-likeness (QED) is 0.877. The maximum absolute atomic E-state index is 12.5. The number of hydrogen-bond donors (Lipinski definition) is 1. The zero-order valence-corrected chi connectivity index (χ0v) is 9.45. The summed E-state index contributed by atoms with van der Waals surface area (Å²) in [5.74, 6) is -1.52. The van der Waals surface area contributed by atoms with E-state index in [1.54, 1.807) is 0 Å². The molecule has 2 heterocycles. The first-order valence-electron chi connectivity index (χ1n) is 4.15. The molecule has 0 atom stereocenters. The Kier molecular flexibility index (Phi) is 2.57. The van der Waals surface area contributed by atoms with Crippen molar-refractivity contribution in [2.75, 3.05) is 0 Å². The van der Waals surface area contributed by atoms with Gasteiger partial charge in [0.25, 0.3) is 0 Å². The van der Waals surface area contributed by atoms with Crippen LogP contribution in [0, 0.1) is 0 Å². The van der Waals surface area contributed by atoms with Crippen LogP contribution in [0.2, 0.25) is 0 Å². The summed E-state index contributed by atoms with van der Waals surface area (Å²) in [6.07, 6.45) is -3.54. The van der Waals surface area contributed by atoms with Gasteiger partial charge in [-0.15, -0.1) is 0 Å². The monoisotopic (exact) mass is 309 g/mol. The van der Waals surface area contributed by atoms with Gasteiger partial charge in [-0.2, -0.15) is 18.3 Å². The molecule has 2 aromatic rings. The van der Waals surface area contributed by atoms with Gasteiger partial charge in [0.15, 0.2) is 11.3 Å². The van der Waals surface area contributed by atoms with Crippen molar-refractivity contribution in [2.45, 2.75) is 6.18 Å². The van der Waals surface area contributed by atoms with E-state index in [0.29, 0.717) is 6.07 Å². The average molecular weight is 310 g/mol. The lowest BCUT2D eigenvalue weighted by atomic mass is 10.3. The van der Waals surface area contributed by atoms with Crippen molar-refractivity contribution in [1.29, 1.82) is 0 Å². The van der Waals surface area contributed by atoms with E-state index in [2.05, 4.69) is 26.0 Å². The van der Waals surface area contributed by atoms with Crippen molar-refractivity contribution in [3.05, 3.63) is 28.1 Å². The molecule has 1 N–H and O–H groups in total. The lowest BCUT2D eigenvalue weighted by Crippen LogP contribution is -2.14. The van der Waals surface area contributed by atoms with Gasteiger partial charge in [0, 0.05) is 6.07 Å². The van der Waals surface area contributed by atoms with Gasteiger partial charge in [0.2, 0.25) is 0 Å². The average Bonchev–Trinajstić information content (AvgIpc) is 2.58. The molecule has 0 aromatic carbocycles. The lowest BCUT2D eigenvalue weighted by Gasteiger charge is -2.07. The number of rotatable bonds is 1. The molecular formula is C8H3BrF3N3O2. The second-order valence-electron chi connectivity index (χ2n) is 3.06. The summed E-state index contributed by atoms with van der Waals surface area (Å²) in [5, 5.41) is 12.4. The van der Waals surface area contributed by atoms with E-state index in [9.17, 15) is 18.0 Å². The van der Waals surface area contributed by atoms with Gasteiger partial charge in [0.05, 0.1) is 10.7 Å². The van der Waals surface area contributed by atoms with Gasteiger partial charge in [0.1, 0.15) is 5.69 Å². The minimum atomic E-state index is -4.71. The van der Waals surface area contributed by atoms with Crippen LogP contribution < -0.4 is 0 Å². The first-order valence-corrected chi connectivity index (χ1v) is 4.95. The maximum atomic E-state index is 12.5. The Labute approximate surface area is 100 Å². The van der Waals surface area contributed by atoms with E-state index in [1.165, 1.54) is 6.20 Å². The molecule has 0 saturated heterocycles. The molecule has 0 amide bonds. The van der Waals surface area contributed by atoms with Gasteiger partial charge in [-0.1, -0.05) is 0 Å². The van der Waals surface area contributed by atoms with Crippen LogP contribution in [0.5, 0.6) is 0 Å². The summed E-state index contributed by atoms with van der Waals surface area (Å²) in [6, 6.07) is 0.439. The van der Waals surface area contributed by atoms with Crippen molar-refractivity contribution in [3.8, 4) is 0 Å². The second kappa shape index (κ2) is 3.69. The smallest absolute Gasteiger partial charge is 0.433 e. The number of aromatic nitrogens is 3. The van der Waals surface area contributed by atoms with Crippen LogP contribution in [-0.4, -0.2) is 25.7 Å². The van der Waals surface area contributed by atoms with E-state index in [1.807, 2.05) is 0 Å². The first kappa shape index (κ1) is 11.8. The Morgan fingerprint density at radius 3 is 2.65 bits per heavy atom. The summed E-state index contributed by atoms with van der Waals surface area (Å²) in [5.41, 5.74) is -2.08. The van der Waals surface area contributed by atoms with Crippen LogP contribution in [0.1, 0.15) is 16.2 Å². The summed E-state index contributed by atoms with van der Waals surface area (Å²) in [4.78, 5) is 14.1. The third-order valence-corrected chi connectivity index (χ3v) is 2.50. The third kappa shape index (κ3) is 1.97. The number of alkyl halides is 3. The molecule has 90 valence electrons. The fraction of sp³-hybridized carbons (Fsp3) is 0.125. The number of fused-ring (bicyclic) bond motifs is 1. The summed E-state index contributed by atoms with van der Waals surface area (Å²) in [7, 11) is 0. The number of hydrogen-bond acceptors (Lipinski definition) is 3. The highest BCUT2D eigenvalue weighted by Gasteiger charge is 2.34. The van der Waals surface area contributed by atoms with Crippen LogP contribution in [-0.2, 0) is 6.18 Å². The van der Waals surface area contributed by atoms with Gasteiger partial charge in [-0.05, 0) is 15.9 Å². The Morgan fingerprint density at radius 2 is 2.12 bits per heavy atom. The van der Waals surface area contributed by atoms with Crippen molar-refractivity contribution < 1.29 is 23.1 Å². The van der Waals surface area contributed by atoms with Gasteiger partial charge in [-0.25, -0.2) is 14.3 Å². The van der Waals surface area contributed by atoms with Crippen molar-refractivity contribution >= 4 is 27.5 Å². The normalized spacial score (nSPS) is 12.0. The molecular weight excluding hydrogens is 307 g/mol. The maximum Gasteiger partial charge on any atom is 0.433 e. The highest BCUT2D eigenvalue weighted by Crippen LogP contribution is 2.29. The van der Waals surface area contributed by atoms with E-state index < -0.39 is 23.5 Å². The number of carbonyl (C=O) groups is 1. The first-order chi connectivity index (χ1) is 7.80. The number of aromatic carboxylic acids is 1. The summed E-state index contributed by atoms with van der Waals surface area (Å²) in [6.45, 7) is 0. The van der Waals surface area contributed by atoms with Crippen molar-refractivity contribution in [2.24, 2.45) is 0 Å². The third-order valence-electron chi connectivity index (χ3n) is 1.94. The van der Waals surface area contributed by atoms with Crippen LogP contribution >= 0.6 is 15.9 Å². The van der Waals surface area contributed by atoms with Crippen LogP contribution in [0.4, 0.5) is 13.2 Å². The van der Waals surface area contributed by atoms with Crippen molar-refractivity contribution in [1.82, 2.24) is 14.6 Å². The molecule has 0 fully saturated rings. The highest BCUT2D eigenvalue weighted by molar-refractivity contribution is 9.10. The molecule has 9 heteroatoms. The predicted octanol–water partition coefficient (Wildman–Crippen LogP) is 2.21. The SMILES string of the molecule is O=C(O)c1cc(C(F)(F)F)nc2c(Br)cnn12. The number of nitrogens with zero attached hydrogens (tertiary/aromatic N) is 3. The molecule has 0 aliphatic heterocycles. The Bertz CT molecular complexity index is 608. The van der Waals surface area contributed by atoms with Gasteiger partial charge in [-0.3, -0.25) is 0 Å².